The van der Waals surface area contributed by atoms with Crippen LogP contribution in [0.25, 0.3) is 21.9 Å². The van der Waals surface area contributed by atoms with E-state index in [1.54, 1.807) is 5.56 Å². The van der Waals surface area contributed by atoms with Crippen LogP contribution in [0.4, 0.5) is 17.1 Å². The van der Waals surface area contributed by atoms with E-state index in [0.717, 1.165) is 17.8 Å². The highest BCUT2D eigenvalue weighted by molar-refractivity contribution is 5.88. The summed E-state index contributed by atoms with van der Waals surface area (Å²) in [6.07, 6.45) is 17.8. The highest BCUT2D eigenvalue weighted by Crippen LogP contribution is 2.61. The fourth-order valence-corrected chi connectivity index (χ4v) is 12.0. The molecule has 1 nitrogen and oxygen atoms in total. The average Bonchev–Trinajstić information content (AvgIpc) is 3.19. The van der Waals surface area contributed by atoms with Gasteiger partial charge >= 0.3 is 0 Å². The van der Waals surface area contributed by atoms with E-state index in [2.05, 4.69) is 150 Å². The van der Waals surface area contributed by atoms with Crippen molar-refractivity contribution in [3.8, 4) is 11.1 Å². The Morgan fingerprint density at radius 1 is 0.396 bits per heavy atom. The van der Waals surface area contributed by atoms with Crippen molar-refractivity contribution < 1.29 is 0 Å². The molecule has 266 valence electrons. The van der Waals surface area contributed by atoms with E-state index in [9.17, 15) is 0 Å². The fourth-order valence-electron chi connectivity index (χ4n) is 12.0. The summed E-state index contributed by atoms with van der Waals surface area (Å²) in [5, 5.41) is 2.57. The van der Waals surface area contributed by atoms with Crippen molar-refractivity contribution in [1.29, 1.82) is 0 Å². The number of hydrogen-bond acceptors (Lipinski definition) is 1. The van der Waals surface area contributed by atoms with Crippen molar-refractivity contribution >= 4 is 27.8 Å². The number of rotatable bonds is 7. The second-order valence-corrected chi connectivity index (χ2v) is 17.5. The van der Waals surface area contributed by atoms with E-state index < -0.39 is 0 Å². The largest absolute Gasteiger partial charge is 0.311 e. The maximum absolute atomic E-state index is 2.51. The number of benzene rings is 6. The quantitative estimate of drug-likeness (QED) is 0.161. The monoisotopic (exact) mass is 691 g/mol. The first-order valence-electron chi connectivity index (χ1n) is 20.8. The summed E-state index contributed by atoms with van der Waals surface area (Å²) in [6, 6.07) is 55.8. The number of anilines is 3. The molecule has 0 amide bonds. The topological polar surface area (TPSA) is 3.24 Å². The molecular weight excluding hydrogens is 639 g/mol. The zero-order chi connectivity index (χ0) is 35.2. The fraction of sp³-hybridized carbons (Fsp3) is 0.346. The van der Waals surface area contributed by atoms with Crippen LogP contribution in [0, 0.1) is 17.8 Å². The van der Waals surface area contributed by atoms with Crippen molar-refractivity contribution in [3.05, 3.63) is 162 Å². The molecule has 0 aliphatic heterocycles. The normalized spacial score (nSPS) is 24.8. The van der Waals surface area contributed by atoms with E-state index >= 15 is 0 Å². The zero-order valence-corrected chi connectivity index (χ0v) is 31.2. The van der Waals surface area contributed by atoms with Gasteiger partial charge in [-0.1, -0.05) is 135 Å². The van der Waals surface area contributed by atoms with Crippen molar-refractivity contribution in [2.75, 3.05) is 4.90 Å². The Hall–Kier alpha value is -4.62. The molecule has 4 bridgehead atoms. The number of hydrogen-bond donors (Lipinski definition) is 0. The van der Waals surface area contributed by atoms with Crippen LogP contribution >= 0.6 is 0 Å². The van der Waals surface area contributed by atoms with E-state index in [4.69, 9.17) is 0 Å². The molecule has 0 atom stereocenters. The molecule has 0 saturated heterocycles. The Morgan fingerprint density at radius 3 is 1.47 bits per heavy atom. The van der Waals surface area contributed by atoms with Crippen LogP contribution in [0.15, 0.2) is 146 Å². The Bertz CT molecular complexity index is 2130. The minimum atomic E-state index is 0.0754. The van der Waals surface area contributed by atoms with Gasteiger partial charge in [-0.25, -0.2) is 0 Å². The molecule has 1 heteroatoms. The lowest BCUT2D eigenvalue weighted by Crippen LogP contribution is -2.48. The first kappa shape index (κ1) is 33.0. The molecule has 0 aromatic heterocycles. The molecule has 5 fully saturated rings. The Kier molecular flexibility index (Phi) is 8.50. The van der Waals surface area contributed by atoms with Crippen molar-refractivity contribution in [1.82, 2.24) is 0 Å². The summed E-state index contributed by atoms with van der Waals surface area (Å²) in [4.78, 5) is 2.49. The SMILES string of the molecule is c1ccc(C2(c3ccc(N(c4ccc(-c5ccc6ccccc6c5)cc4)c4ccc(C56CC7CC(CC(C7)C5)C6)cc4)cc3)CCCCCCC2)cc1. The van der Waals surface area contributed by atoms with Gasteiger partial charge in [0.15, 0.2) is 0 Å². The third-order valence-electron chi connectivity index (χ3n) is 14.2. The summed E-state index contributed by atoms with van der Waals surface area (Å²) >= 11 is 0. The minimum Gasteiger partial charge on any atom is -0.311 e. The molecule has 0 radical (unpaired) electrons. The highest BCUT2D eigenvalue weighted by Gasteiger charge is 2.51. The molecule has 53 heavy (non-hydrogen) atoms. The molecule has 5 aliphatic carbocycles. The first-order chi connectivity index (χ1) is 26.1. The van der Waals surface area contributed by atoms with Gasteiger partial charge in [0.2, 0.25) is 0 Å². The van der Waals surface area contributed by atoms with Crippen LogP contribution in [-0.4, -0.2) is 0 Å². The van der Waals surface area contributed by atoms with Gasteiger partial charge in [0.1, 0.15) is 0 Å². The lowest BCUT2D eigenvalue weighted by molar-refractivity contribution is -0.00518. The van der Waals surface area contributed by atoms with E-state index in [1.165, 1.54) is 134 Å². The maximum Gasteiger partial charge on any atom is 0.0462 e. The first-order valence-corrected chi connectivity index (χ1v) is 20.8. The third kappa shape index (κ3) is 6.11. The minimum absolute atomic E-state index is 0.0754. The predicted molar refractivity (Wildman–Crippen MR) is 223 cm³/mol. The Balaban J connectivity index is 1.02. The van der Waals surface area contributed by atoms with Gasteiger partial charge < -0.3 is 4.90 Å². The predicted octanol–water partition coefficient (Wildman–Crippen LogP) is 14.5. The molecule has 0 unspecified atom stereocenters. The standard InChI is InChI=1S/C52H53N/c1-2-9-29-52(30-10-3-1,46-13-5-4-6-14-46)47-21-27-50(28-22-47)53(48-23-17-42(18-24-48)44-16-15-41-11-7-8-12-43(41)34-44)49-25-19-45(20-26-49)51-35-38-31-39(36-51)33-40(32-38)37-51/h4-8,11-28,34,38-40H,1-3,9-10,29-33,35-37H2. The van der Waals surface area contributed by atoms with Gasteiger partial charge in [0.25, 0.3) is 0 Å². The van der Waals surface area contributed by atoms with Gasteiger partial charge in [-0.2, -0.15) is 0 Å². The second-order valence-electron chi connectivity index (χ2n) is 17.5. The maximum atomic E-state index is 2.51. The van der Waals surface area contributed by atoms with E-state index in [1.807, 2.05) is 0 Å². The summed E-state index contributed by atoms with van der Waals surface area (Å²) in [5.74, 6) is 2.86. The molecule has 6 aromatic rings. The van der Waals surface area contributed by atoms with Crippen LogP contribution in [0.5, 0.6) is 0 Å². The molecule has 0 N–H and O–H groups in total. The average molecular weight is 692 g/mol. The molecular formula is C52H53N. The second kappa shape index (κ2) is 13.7. The molecule has 0 heterocycles. The van der Waals surface area contributed by atoms with Crippen LogP contribution in [-0.2, 0) is 10.8 Å². The van der Waals surface area contributed by atoms with E-state index in [0.29, 0.717) is 5.41 Å². The van der Waals surface area contributed by atoms with Crippen molar-refractivity contribution in [3.63, 3.8) is 0 Å². The summed E-state index contributed by atoms with van der Waals surface area (Å²) < 4.78 is 0. The van der Waals surface area contributed by atoms with Crippen LogP contribution in [0.3, 0.4) is 0 Å². The van der Waals surface area contributed by atoms with Gasteiger partial charge in [-0.3, -0.25) is 0 Å². The van der Waals surface area contributed by atoms with Crippen molar-refractivity contribution in [2.24, 2.45) is 17.8 Å². The molecule has 0 spiro atoms. The van der Waals surface area contributed by atoms with Gasteiger partial charge in [-0.15, -0.1) is 0 Å². The summed E-state index contributed by atoms with van der Waals surface area (Å²) in [6.45, 7) is 0. The Morgan fingerprint density at radius 2 is 0.868 bits per heavy atom. The van der Waals surface area contributed by atoms with Crippen molar-refractivity contribution in [2.45, 2.75) is 94.3 Å². The van der Waals surface area contributed by atoms with Gasteiger partial charge in [0, 0.05) is 22.5 Å². The lowest BCUT2D eigenvalue weighted by atomic mass is 9.48. The zero-order valence-electron chi connectivity index (χ0n) is 31.2. The molecule has 6 aromatic carbocycles. The molecule has 5 aliphatic rings. The van der Waals surface area contributed by atoms with E-state index in [-0.39, 0.29) is 5.41 Å². The highest BCUT2D eigenvalue weighted by atomic mass is 15.1. The Labute approximate surface area is 317 Å². The molecule has 11 rings (SSSR count). The summed E-state index contributed by atoms with van der Waals surface area (Å²) in [5.41, 5.74) is 11.2. The van der Waals surface area contributed by atoms with Gasteiger partial charge in [-0.05, 0) is 156 Å². The number of nitrogens with zero attached hydrogens (tertiary/aromatic N) is 1. The van der Waals surface area contributed by atoms with Crippen LogP contribution in [0.1, 0.15) is 100 Å². The van der Waals surface area contributed by atoms with Crippen LogP contribution < -0.4 is 4.90 Å². The summed E-state index contributed by atoms with van der Waals surface area (Å²) in [7, 11) is 0. The smallest absolute Gasteiger partial charge is 0.0462 e. The third-order valence-corrected chi connectivity index (χ3v) is 14.2. The number of fused-ring (bicyclic) bond motifs is 1. The molecule has 5 saturated carbocycles. The van der Waals surface area contributed by atoms with Gasteiger partial charge in [0.05, 0.1) is 0 Å². The van der Waals surface area contributed by atoms with Crippen LogP contribution in [0.2, 0.25) is 0 Å². The lowest BCUT2D eigenvalue weighted by Gasteiger charge is -2.57.